The standard InChI is InChI=1S/C25H36N4O6/c1-7-8-12-29-23(26)21(24(31)27-25(29)32)28(13-11-16(2)3)20(30)10-9-17-14-18(33-4)22(35-6)19(15-17)34-5/h9-10,14-16H,7-8,11-13,26H2,1-6H3,(H,27,31,32)/b10-9+. The molecule has 10 nitrogen and oxygen atoms in total. The van der Waals surface area contributed by atoms with Crippen LogP contribution in [0.15, 0.2) is 27.8 Å². The molecule has 0 aliphatic heterocycles. The number of nitrogens with one attached hydrogen (secondary N) is 1. The van der Waals surface area contributed by atoms with Gasteiger partial charge in [-0.1, -0.05) is 27.2 Å². The Bertz CT molecular complexity index is 1140. The molecule has 192 valence electrons. The maximum Gasteiger partial charge on any atom is 0.330 e. The summed E-state index contributed by atoms with van der Waals surface area (Å²) in [6.07, 6.45) is 5.12. The summed E-state index contributed by atoms with van der Waals surface area (Å²) in [6.45, 7) is 6.63. The van der Waals surface area contributed by atoms with Crippen molar-refractivity contribution in [2.75, 3.05) is 38.5 Å². The van der Waals surface area contributed by atoms with Crippen LogP contribution in [0.3, 0.4) is 0 Å². The van der Waals surface area contributed by atoms with E-state index < -0.39 is 17.2 Å². The highest BCUT2D eigenvalue weighted by atomic mass is 16.5. The van der Waals surface area contributed by atoms with Gasteiger partial charge in [0.05, 0.1) is 21.3 Å². The molecule has 0 saturated heterocycles. The first-order valence-electron chi connectivity index (χ1n) is 11.6. The number of nitrogen functional groups attached to an aromatic ring is 1. The van der Waals surface area contributed by atoms with Gasteiger partial charge in [-0.25, -0.2) is 4.79 Å². The number of H-pyrrole nitrogens is 1. The van der Waals surface area contributed by atoms with Gasteiger partial charge in [-0.15, -0.1) is 0 Å². The lowest BCUT2D eigenvalue weighted by molar-refractivity contribution is -0.114. The maximum absolute atomic E-state index is 13.3. The third-order valence-electron chi connectivity index (χ3n) is 5.52. The van der Waals surface area contributed by atoms with Crippen LogP contribution < -0.4 is 36.1 Å². The number of hydrogen-bond donors (Lipinski definition) is 2. The minimum absolute atomic E-state index is 0.0227. The zero-order chi connectivity index (χ0) is 26.1. The number of hydrogen-bond acceptors (Lipinski definition) is 7. The Hall–Kier alpha value is -3.69. The number of nitrogens with two attached hydrogens (primary N) is 1. The fourth-order valence-electron chi connectivity index (χ4n) is 3.55. The molecule has 1 aromatic heterocycles. The summed E-state index contributed by atoms with van der Waals surface area (Å²) in [5.41, 5.74) is 5.58. The topological polar surface area (TPSA) is 129 Å². The van der Waals surface area contributed by atoms with Crippen LogP contribution in [0, 0.1) is 5.92 Å². The van der Waals surface area contributed by atoms with E-state index >= 15 is 0 Å². The monoisotopic (exact) mass is 488 g/mol. The number of rotatable bonds is 12. The molecule has 0 aliphatic rings. The second kappa shape index (κ2) is 12.7. The predicted octanol–water partition coefficient (Wildman–Crippen LogP) is 3.04. The number of amides is 1. The van der Waals surface area contributed by atoms with Crippen LogP contribution in [-0.2, 0) is 11.3 Å². The van der Waals surface area contributed by atoms with Gasteiger partial charge in [0.2, 0.25) is 5.75 Å². The van der Waals surface area contributed by atoms with Gasteiger partial charge in [-0.2, -0.15) is 0 Å². The molecule has 1 amide bonds. The van der Waals surface area contributed by atoms with Gasteiger partial charge in [0.15, 0.2) is 17.2 Å². The highest BCUT2D eigenvalue weighted by Gasteiger charge is 2.23. The van der Waals surface area contributed by atoms with E-state index in [-0.39, 0.29) is 24.0 Å². The molecule has 1 heterocycles. The molecule has 0 spiro atoms. The summed E-state index contributed by atoms with van der Waals surface area (Å²) < 4.78 is 17.4. The molecule has 10 heteroatoms. The molecule has 0 aliphatic carbocycles. The van der Waals surface area contributed by atoms with Gasteiger partial charge >= 0.3 is 5.69 Å². The summed E-state index contributed by atoms with van der Waals surface area (Å²) in [5, 5.41) is 0. The number of aromatic amines is 1. The van der Waals surface area contributed by atoms with Crippen molar-refractivity contribution in [2.24, 2.45) is 5.92 Å². The lowest BCUT2D eigenvalue weighted by atomic mass is 10.1. The number of methoxy groups -OCH3 is 3. The van der Waals surface area contributed by atoms with Gasteiger partial charge in [0.1, 0.15) is 5.82 Å². The number of ether oxygens (including phenoxy) is 3. The predicted molar refractivity (Wildman–Crippen MR) is 138 cm³/mol. The number of anilines is 2. The molecule has 1 aromatic carbocycles. The smallest absolute Gasteiger partial charge is 0.330 e. The fraction of sp³-hybridized carbons (Fsp3) is 0.480. The second-order valence-electron chi connectivity index (χ2n) is 8.46. The summed E-state index contributed by atoms with van der Waals surface area (Å²) in [7, 11) is 4.52. The molecular weight excluding hydrogens is 452 g/mol. The molecule has 3 N–H and O–H groups in total. The summed E-state index contributed by atoms with van der Waals surface area (Å²) in [6, 6.07) is 3.41. The quantitative estimate of drug-likeness (QED) is 0.439. The molecule has 0 fully saturated rings. The van der Waals surface area contributed by atoms with Crippen molar-refractivity contribution in [3.63, 3.8) is 0 Å². The molecule has 2 aromatic rings. The summed E-state index contributed by atoms with van der Waals surface area (Å²) >= 11 is 0. The third kappa shape index (κ3) is 6.68. The molecule has 0 radical (unpaired) electrons. The molecule has 35 heavy (non-hydrogen) atoms. The van der Waals surface area contributed by atoms with E-state index in [1.807, 2.05) is 20.8 Å². The third-order valence-corrected chi connectivity index (χ3v) is 5.52. The highest BCUT2D eigenvalue weighted by molar-refractivity contribution is 6.05. The molecule has 2 rings (SSSR count). The average Bonchev–Trinajstić information content (AvgIpc) is 2.83. The van der Waals surface area contributed by atoms with Crippen LogP contribution in [0.2, 0.25) is 0 Å². The number of unbranched alkanes of at least 4 members (excludes halogenated alkanes) is 1. The van der Waals surface area contributed by atoms with Crippen molar-refractivity contribution in [2.45, 2.75) is 46.6 Å². The van der Waals surface area contributed by atoms with E-state index in [1.54, 1.807) is 18.2 Å². The van der Waals surface area contributed by atoms with E-state index in [9.17, 15) is 14.4 Å². The highest BCUT2D eigenvalue weighted by Crippen LogP contribution is 2.38. The first-order valence-corrected chi connectivity index (χ1v) is 11.6. The Morgan fingerprint density at radius 2 is 1.77 bits per heavy atom. The van der Waals surface area contributed by atoms with Crippen molar-refractivity contribution >= 4 is 23.5 Å². The summed E-state index contributed by atoms with van der Waals surface area (Å²) in [4.78, 5) is 42.1. The molecule has 0 atom stereocenters. The second-order valence-corrected chi connectivity index (χ2v) is 8.46. The molecule has 0 bridgehead atoms. The van der Waals surface area contributed by atoms with Crippen LogP contribution in [0.4, 0.5) is 11.5 Å². The van der Waals surface area contributed by atoms with Crippen LogP contribution in [0.5, 0.6) is 17.2 Å². The van der Waals surface area contributed by atoms with Gasteiger partial charge in [0, 0.05) is 19.2 Å². The number of nitrogens with zero attached hydrogens (tertiary/aromatic N) is 2. The normalized spacial score (nSPS) is 11.2. The van der Waals surface area contributed by atoms with Crippen LogP contribution in [-0.4, -0.2) is 43.3 Å². The number of carbonyl (C=O) groups excluding carboxylic acids is 1. The number of benzene rings is 1. The van der Waals surface area contributed by atoms with E-state index in [4.69, 9.17) is 19.9 Å². The van der Waals surface area contributed by atoms with E-state index in [0.717, 1.165) is 6.42 Å². The lowest BCUT2D eigenvalue weighted by Gasteiger charge is -2.24. The van der Waals surface area contributed by atoms with Crippen LogP contribution in [0.1, 0.15) is 45.6 Å². The van der Waals surface area contributed by atoms with Crippen molar-refractivity contribution < 1.29 is 19.0 Å². The Kier molecular flexibility index (Phi) is 9.98. The van der Waals surface area contributed by atoms with E-state index in [0.29, 0.717) is 42.2 Å². The van der Waals surface area contributed by atoms with E-state index in [1.165, 1.54) is 36.9 Å². The van der Waals surface area contributed by atoms with Crippen molar-refractivity contribution in [1.82, 2.24) is 9.55 Å². The number of aromatic nitrogens is 2. The van der Waals surface area contributed by atoms with Gasteiger partial charge < -0.3 is 24.8 Å². The average molecular weight is 489 g/mol. The minimum atomic E-state index is -0.696. The van der Waals surface area contributed by atoms with Crippen molar-refractivity contribution in [3.8, 4) is 17.2 Å². The molecule has 0 saturated carbocycles. The Labute approximate surface area is 205 Å². The lowest BCUT2D eigenvalue weighted by Crippen LogP contribution is -2.41. The fourth-order valence-corrected chi connectivity index (χ4v) is 3.55. The van der Waals surface area contributed by atoms with Crippen molar-refractivity contribution in [1.29, 1.82) is 0 Å². The number of carbonyl (C=O) groups is 1. The molecular formula is C25H36N4O6. The minimum Gasteiger partial charge on any atom is -0.493 e. The Balaban J connectivity index is 2.52. The van der Waals surface area contributed by atoms with E-state index in [2.05, 4.69) is 4.98 Å². The first-order chi connectivity index (χ1) is 16.7. The van der Waals surface area contributed by atoms with Gasteiger partial charge in [0.25, 0.3) is 11.5 Å². The SMILES string of the molecule is CCCCn1c(N)c(N(CCC(C)C)C(=O)/C=C/c2cc(OC)c(OC)c(OC)c2)c(=O)[nH]c1=O. The first kappa shape index (κ1) is 27.6. The summed E-state index contributed by atoms with van der Waals surface area (Å²) in [5.74, 6) is 1.13. The zero-order valence-electron chi connectivity index (χ0n) is 21.3. The largest absolute Gasteiger partial charge is 0.493 e. The van der Waals surface area contributed by atoms with Crippen LogP contribution >= 0.6 is 0 Å². The van der Waals surface area contributed by atoms with Gasteiger partial charge in [-0.05, 0) is 42.5 Å². The molecule has 0 unspecified atom stereocenters. The zero-order valence-corrected chi connectivity index (χ0v) is 21.3. The van der Waals surface area contributed by atoms with Crippen molar-refractivity contribution in [3.05, 3.63) is 44.6 Å². The van der Waals surface area contributed by atoms with Crippen LogP contribution in [0.25, 0.3) is 6.08 Å². The Morgan fingerprint density at radius 3 is 2.29 bits per heavy atom. The van der Waals surface area contributed by atoms with Gasteiger partial charge in [-0.3, -0.25) is 19.1 Å². The maximum atomic E-state index is 13.3. The Morgan fingerprint density at radius 1 is 1.14 bits per heavy atom.